The van der Waals surface area contributed by atoms with Gasteiger partial charge in [0.2, 0.25) is 0 Å². The molecule has 1 saturated heterocycles. The van der Waals surface area contributed by atoms with E-state index in [9.17, 15) is 5.11 Å². The average molecular weight is 354 g/mol. The van der Waals surface area contributed by atoms with Crippen LogP contribution in [-0.4, -0.2) is 18.3 Å². The maximum atomic E-state index is 10.0. The van der Waals surface area contributed by atoms with Gasteiger partial charge < -0.3 is 14.3 Å². The van der Waals surface area contributed by atoms with Gasteiger partial charge >= 0.3 is 0 Å². The zero-order valence-corrected chi connectivity index (χ0v) is 12.0. The van der Waals surface area contributed by atoms with Crippen molar-refractivity contribution in [1.29, 1.82) is 0 Å². The molecule has 1 aliphatic heterocycles. The number of hydrogen-bond acceptors (Lipinski definition) is 3. The monoisotopic (exact) mass is 352 g/mol. The predicted molar refractivity (Wildman–Crippen MR) is 67.2 cm³/mol. The zero-order chi connectivity index (χ0) is 11.5. The molecule has 1 N–H and O–H groups in total. The summed E-state index contributed by atoms with van der Waals surface area (Å²) in [4.78, 5) is 0. The van der Waals surface area contributed by atoms with E-state index in [1.165, 1.54) is 0 Å². The Morgan fingerprint density at radius 1 is 1.38 bits per heavy atom. The van der Waals surface area contributed by atoms with Gasteiger partial charge in [-0.15, -0.1) is 0 Å². The van der Waals surface area contributed by atoms with Crippen molar-refractivity contribution in [3.63, 3.8) is 0 Å². The SMILES string of the molecule is OC(CC1CCOCC1)c1cc(Br)c(Br)o1. The van der Waals surface area contributed by atoms with Crippen molar-refractivity contribution in [2.45, 2.75) is 25.4 Å². The topological polar surface area (TPSA) is 42.6 Å². The minimum Gasteiger partial charge on any atom is -0.450 e. The lowest BCUT2D eigenvalue weighted by Crippen LogP contribution is -2.17. The molecule has 1 fully saturated rings. The summed E-state index contributed by atoms with van der Waals surface area (Å²) >= 11 is 6.60. The van der Waals surface area contributed by atoms with Crippen LogP contribution in [0.25, 0.3) is 0 Å². The summed E-state index contributed by atoms with van der Waals surface area (Å²) in [6.07, 6.45) is 2.28. The third-order valence-corrected chi connectivity index (χ3v) is 4.60. The van der Waals surface area contributed by atoms with Gasteiger partial charge in [-0.3, -0.25) is 0 Å². The predicted octanol–water partition coefficient (Wildman–Crippen LogP) is 3.65. The quantitative estimate of drug-likeness (QED) is 0.901. The van der Waals surface area contributed by atoms with Crippen molar-refractivity contribution in [3.8, 4) is 0 Å². The second kappa shape index (κ2) is 5.67. The fourth-order valence-corrected chi connectivity index (χ4v) is 2.55. The van der Waals surface area contributed by atoms with Gasteiger partial charge in [0, 0.05) is 13.2 Å². The molecule has 0 aliphatic carbocycles. The van der Waals surface area contributed by atoms with Crippen molar-refractivity contribution < 1.29 is 14.3 Å². The van der Waals surface area contributed by atoms with E-state index in [2.05, 4.69) is 31.9 Å². The first-order valence-electron chi connectivity index (χ1n) is 5.37. The highest BCUT2D eigenvalue weighted by Crippen LogP contribution is 2.33. The van der Waals surface area contributed by atoms with Crippen LogP contribution in [0, 0.1) is 5.92 Å². The number of furan rings is 1. The van der Waals surface area contributed by atoms with Crippen LogP contribution in [0.15, 0.2) is 19.6 Å². The zero-order valence-electron chi connectivity index (χ0n) is 8.79. The summed E-state index contributed by atoms with van der Waals surface area (Å²) in [5, 5.41) is 10.0. The highest BCUT2D eigenvalue weighted by atomic mass is 79.9. The molecule has 3 nitrogen and oxygen atoms in total. The molecule has 1 atom stereocenters. The first-order valence-corrected chi connectivity index (χ1v) is 6.96. The Hall–Kier alpha value is 0.160. The fraction of sp³-hybridized carbons (Fsp3) is 0.636. The standard InChI is InChI=1S/C11H14Br2O3/c12-8-6-10(16-11(8)13)9(14)5-7-1-3-15-4-2-7/h6-7,9,14H,1-5H2. The molecule has 1 aromatic rings. The largest absolute Gasteiger partial charge is 0.450 e. The van der Waals surface area contributed by atoms with E-state index < -0.39 is 6.10 Å². The Balaban J connectivity index is 1.93. The van der Waals surface area contributed by atoms with E-state index in [1.54, 1.807) is 0 Å². The van der Waals surface area contributed by atoms with Gasteiger partial charge in [0.25, 0.3) is 0 Å². The van der Waals surface area contributed by atoms with Gasteiger partial charge in [0.1, 0.15) is 11.9 Å². The van der Waals surface area contributed by atoms with E-state index in [4.69, 9.17) is 9.15 Å². The molecule has 1 unspecified atom stereocenters. The second-order valence-corrected chi connectivity index (χ2v) is 5.65. The Bertz CT molecular complexity index is 325. The molecule has 2 heterocycles. The molecule has 0 radical (unpaired) electrons. The minimum atomic E-state index is -0.523. The maximum absolute atomic E-state index is 10.0. The first kappa shape index (κ1) is 12.6. The summed E-state index contributed by atoms with van der Waals surface area (Å²) in [6.45, 7) is 1.62. The Morgan fingerprint density at radius 3 is 2.62 bits per heavy atom. The second-order valence-electron chi connectivity index (χ2n) is 4.08. The third kappa shape index (κ3) is 3.09. The van der Waals surface area contributed by atoms with Crippen LogP contribution in [0.4, 0.5) is 0 Å². The summed E-state index contributed by atoms with van der Waals surface area (Å²) in [5.41, 5.74) is 0. The summed E-state index contributed by atoms with van der Waals surface area (Å²) < 4.78 is 12.2. The molecule has 90 valence electrons. The summed E-state index contributed by atoms with van der Waals surface area (Å²) in [7, 11) is 0. The van der Waals surface area contributed by atoms with Crippen LogP contribution < -0.4 is 0 Å². The number of hydrogen-bond donors (Lipinski definition) is 1. The number of halogens is 2. The lowest BCUT2D eigenvalue weighted by atomic mass is 9.93. The molecular formula is C11H14Br2O3. The molecule has 1 aromatic heterocycles. The van der Waals surface area contributed by atoms with Crippen molar-refractivity contribution in [1.82, 2.24) is 0 Å². The summed E-state index contributed by atoms with van der Waals surface area (Å²) in [6, 6.07) is 1.81. The van der Waals surface area contributed by atoms with Crippen molar-refractivity contribution in [2.75, 3.05) is 13.2 Å². The van der Waals surface area contributed by atoms with Crippen LogP contribution in [0.5, 0.6) is 0 Å². The van der Waals surface area contributed by atoms with Gasteiger partial charge in [-0.1, -0.05) is 0 Å². The lowest BCUT2D eigenvalue weighted by Gasteiger charge is -2.23. The van der Waals surface area contributed by atoms with Gasteiger partial charge in [0.05, 0.1) is 4.47 Å². The Morgan fingerprint density at radius 2 is 2.06 bits per heavy atom. The maximum Gasteiger partial charge on any atom is 0.183 e. The van der Waals surface area contributed by atoms with Gasteiger partial charge in [-0.2, -0.15) is 0 Å². The normalized spacial score (nSPS) is 19.9. The Kier molecular flexibility index (Phi) is 4.47. The van der Waals surface area contributed by atoms with Crippen molar-refractivity contribution in [2.24, 2.45) is 5.92 Å². The molecule has 0 aromatic carbocycles. The van der Waals surface area contributed by atoms with E-state index in [0.717, 1.165) is 36.9 Å². The van der Waals surface area contributed by atoms with E-state index in [1.807, 2.05) is 6.07 Å². The van der Waals surface area contributed by atoms with Crippen LogP contribution in [0.2, 0.25) is 0 Å². The number of rotatable bonds is 3. The highest BCUT2D eigenvalue weighted by molar-refractivity contribution is 9.13. The van der Waals surface area contributed by atoms with Gasteiger partial charge in [-0.25, -0.2) is 0 Å². The molecule has 0 amide bonds. The smallest absolute Gasteiger partial charge is 0.183 e. The van der Waals surface area contributed by atoms with Gasteiger partial charge in [-0.05, 0) is 63.1 Å². The number of ether oxygens (including phenoxy) is 1. The van der Waals surface area contributed by atoms with Crippen molar-refractivity contribution >= 4 is 31.9 Å². The Labute approximate surface area is 111 Å². The number of aliphatic hydroxyl groups is 1. The average Bonchev–Trinajstić information content (AvgIpc) is 2.61. The van der Waals surface area contributed by atoms with Crippen LogP contribution >= 0.6 is 31.9 Å². The van der Waals surface area contributed by atoms with Crippen molar-refractivity contribution in [3.05, 3.63) is 21.0 Å². The van der Waals surface area contributed by atoms with Crippen LogP contribution in [0.3, 0.4) is 0 Å². The lowest BCUT2D eigenvalue weighted by molar-refractivity contribution is 0.0386. The molecule has 5 heteroatoms. The first-order chi connectivity index (χ1) is 7.66. The minimum absolute atomic E-state index is 0.523. The molecule has 1 aliphatic rings. The number of aliphatic hydroxyl groups excluding tert-OH is 1. The molecule has 0 spiro atoms. The molecular weight excluding hydrogens is 340 g/mol. The molecule has 16 heavy (non-hydrogen) atoms. The molecule has 0 saturated carbocycles. The third-order valence-electron chi connectivity index (χ3n) is 2.89. The van der Waals surface area contributed by atoms with Gasteiger partial charge in [0.15, 0.2) is 4.67 Å². The molecule has 2 rings (SSSR count). The summed E-state index contributed by atoms with van der Waals surface area (Å²) in [5.74, 6) is 1.15. The van der Waals surface area contributed by atoms with E-state index in [0.29, 0.717) is 16.3 Å². The van der Waals surface area contributed by atoms with E-state index >= 15 is 0 Å². The molecule has 0 bridgehead atoms. The van der Waals surface area contributed by atoms with E-state index in [-0.39, 0.29) is 0 Å². The van der Waals surface area contributed by atoms with Crippen LogP contribution in [-0.2, 0) is 4.74 Å². The highest BCUT2D eigenvalue weighted by Gasteiger charge is 2.21. The van der Waals surface area contributed by atoms with Crippen LogP contribution in [0.1, 0.15) is 31.1 Å². The fourth-order valence-electron chi connectivity index (χ4n) is 1.94.